The summed E-state index contributed by atoms with van der Waals surface area (Å²) in [5, 5.41) is 13.5. The fraction of sp³-hybridized carbons (Fsp3) is 0.667. The molecule has 2 rings (SSSR count). The fourth-order valence-corrected chi connectivity index (χ4v) is 2.18. The maximum Gasteiger partial charge on any atom is 0.311 e. The molecule has 4 heteroatoms. The molecule has 1 N–H and O–H groups in total. The highest BCUT2D eigenvalue weighted by molar-refractivity contribution is 5.76. The van der Waals surface area contributed by atoms with E-state index in [1.807, 2.05) is 24.7 Å². The van der Waals surface area contributed by atoms with Crippen molar-refractivity contribution < 1.29 is 9.90 Å². The van der Waals surface area contributed by atoms with Crippen LogP contribution in [0.5, 0.6) is 0 Å². The molecule has 88 valence electrons. The zero-order chi connectivity index (χ0) is 11.7. The molecule has 0 spiro atoms. The number of carboxylic acid groups (broad SMARTS) is 1. The largest absolute Gasteiger partial charge is 0.481 e. The first-order valence-electron chi connectivity index (χ1n) is 5.86. The molecule has 1 aliphatic carbocycles. The van der Waals surface area contributed by atoms with Crippen LogP contribution in [0.15, 0.2) is 12.4 Å². The van der Waals surface area contributed by atoms with Crippen LogP contribution in [0, 0.1) is 5.92 Å². The molecule has 1 aromatic rings. The van der Waals surface area contributed by atoms with E-state index in [0.29, 0.717) is 6.04 Å². The highest BCUT2D eigenvalue weighted by Crippen LogP contribution is 2.32. The van der Waals surface area contributed by atoms with Gasteiger partial charge in [-0.05, 0) is 25.2 Å². The van der Waals surface area contributed by atoms with E-state index in [1.165, 1.54) is 19.3 Å². The quantitative estimate of drug-likeness (QED) is 0.851. The van der Waals surface area contributed by atoms with Crippen molar-refractivity contribution in [2.75, 3.05) is 0 Å². The van der Waals surface area contributed by atoms with Crippen molar-refractivity contribution in [3.8, 4) is 0 Å². The molecule has 0 saturated heterocycles. The summed E-state index contributed by atoms with van der Waals surface area (Å²) in [6.07, 6.45) is 7.20. The molecule has 0 aliphatic heterocycles. The van der Waals surface area contributed by atoms with Gasteiger partial charge in [0.25, 0.3) is 0 Å². The van der Waals surface area contributed by atoms with Gasteiger partial charge in [-0.25, -0.2) is 0 Å². The lowest BCUT2D eigenvalue weighted by atomic mass is 9.90. The third-order valence-corrected chi connectivity index (χ3v) is 3.36. The van der Waals surface area contributed by atoms with E-state index in [9.17, 15) is 9.90 Å². The molecule has 1 heterocycles. The number of hydrogen-bond acceptors (Lipinski definition) is 2. The Labute approximate surface area is 95.3 Å². The van der Waals surface area contributed by atoms with Crippen molar-refractivity contribution in [3.63, 3.8) is 0 Å². The van der Waals surface area contributed by atoms with E-state index < -0.39 is 11.9 Å². The monoisotopic (exact) mass is 222 g/mol. The van der Waals surface area contributed by atoms with Gasteiger partial charge in [-0.1, -0.05) is 13.8 Å². The summed E-state index contributed by atoms with van der Waals surface area (Å²) in [7, 11) is 0. The molecule has 16 heavy (non-hydrogen) atoms. The van der Waals surface area contributed by atoms with Crippen molar-refractivity contribution in [1.82, 2.24) is 9.78 Å². The molecular formula is C12H18N2O2. The summed E-state index contributed by atoms with van der Waals surface area (Å²) in [6, 6.07) is 0.496. The van der Waals surface area contributed by atoms with Crippen LogP contribution < -0.4 is 0 Å². The normalized spacial score (nSPS) is 18.4. The number of aromatic nitrogens is 2. The second-order valence-electron chi connectivity index (χ2n) is 4.90. The predicted octanol–water partition coefficient (Wildman–Crippen LogP) is 2.43. The second kappa shape index (κ2) is 4.28. The van der Waals surface area contributed by atoms with Crippen LogP contribution in [-0.4, -0.2) is 20.9 Å². The third kappa shape index (κ3) is 1.96. The number of carboxylic acids is 1. The minimum Gasteiger partial charge on any atom is -0.481 e. The average molecular weight is 222 g/mol. The molecule has 1 fully saturated rings. The van der Waals surface area contributed by atoms with Crippen LogP contribution in [0.1, 0.15) is 50.6 Å². The van der Waals surface area contributed by atoms with Crippen LogP contribution in [0.2, 0.25) is 0 Å². The third-order valence-electron chi connectivity index (χ3n) is 3.36. The molecule has 1 aromatic heterocycles. The standard InChI is InChI=1S/C12H18N2O2/c1-8(2)11(12(15)16)9-6-13-14(7-9)10-4-3-5-10/h6-8,10-11H,3-5H2,1-2H3,(H,15,16). The van der Waals surface area contributed by atoms with Gasteiger partial charge in [-0.2, -0.15) is 5.10 Å². The van der Waals surface area contributed by atoms with E-state index in [0.717, 1.165) is 5.56 Å². The molecule has 1 atom stereocenters. The molecule has 1 unspecified atom stereocenters. The molecule has 4 nitrogen and oxygen atoms in total. The first-order chi connectivity index (χ1) is 7.59. The lowest BCUT2D eigenvalue weighted by Gasteiger charge is -2.25. The van der Waals surface area contributed by atoms with E-state index >= 15 is 0 Å². The van der Waals surface area contributed by atoms with Crippen LogP contribution in [0.25, 0.3) is 0 Å². The summed E-state index contributed by atoms with van der Waals surface area (Å²) in [5.74, 6) is -1.10. The molecule has 0 radical (unpaired) electrons. The summed E-state index contributed by atoms with van der Waals surface area (Å²) in [4.78, 5) is 11.2. The van der Waals surface area contributed by atoms with Gasteiger partial charge in [-0.3, -0.25) is 9.48 Å². The second-order valence-corrected chi connectivity index (χ2v) is 4.90. The number of carbonyl (C=O) groups is 1. The summed E-state index contributed by atoms with van der Waals surface area (Å²) in [6.45, 7) is 3.86. The SMILES string of the molecule is CC(C)C(C(=O)O)c1cnn(C2CCC2)c1. The molecule has 0 amide bonds. The number of nitrogens with zero attached hydrogens (tertiary/aromatic N) is 2. The number of rotatable bonds is 4. The average Bonchev–Trinajstić information content (AvgIpc) is 2.48. The first kappa shape index (κ1) is 11.2. The van der Waals surface area contributed by atoms with Gasteiger partial charge < -0.3 is 5.11 Å². The summed E-state index contributed by atoms with van der Waals surface area (Å²) < 4.78 is 1.93. The lowest BCUT2D eigenvalue weighted by Crippen LogP contribution is -2.18. The molecular weight excluding hydrogens is 204 g/mol. The molecule has 0 bridgehead atoms. The van der Waals surface area contributed by atoms with E-state index in [2.05, 4.69) is 5.10 Å². The van der Waals surface area contributed by atoms with Crippen LogP contribution in [0.4, 0.5) is 0 Å². The number of hydrogen-bond donors (Lipinski definition) is 1. The van der Waals surface area contributed by atoms with E-state index in [-0.39, 0.29) is 5.92 Å². The molecule has 1 aliphatic rings. The van der Waals surface area contributed by atoms with Crippen LogP contribution in [0.3, 0.4) is 0 Å². The smallest absolute Gasteiger partial charge is 0.311 e. The van der Waals surface area contributed by atoms with Crippen LogP contribution in [-0.2, 0) is 4.79 Å². The maximum absolute atomic E-state index is 11.2. The maximum atomic E-state index is 11.2. The Bertz CT molecular complexity index is 380. The Morgan fingerprint density at radius 1 is 1.56 bits per heavy atom. The van der Waals surface area contributed by atoms with Gasteiger partial charge in [0.15, 0.2) is 0 Å². The Kier molecular flexibility index (Phi) is 2.99. The Morgan fingerprint density at radius 2 is 2.25 bits per heavy atom. The van der Waals surface area contributed by atoms with Crippen molar-refractivity contribution in [3.05, 3.63) is 18.0 Å². The van der Waals surface area contributed by atoms with E-state index in [4.69, 9.17) is 0 Å². The zero-order valence-electron chi connectivity index (χ0n) is 9.76. The first-order valence-corrected chi connectivity index (χ1v) is 5.86. The van der Waals surface area contributed by atoms with Crippen molar-refractivity contribution >= 4 is 5.97 Å². The van der Waals surface area contributed by atoms with Crippen molar-refractivity contribution in [2.45, 2.75) is 45.1 Å². The molecule has 1 saturated carbocycles. The predicted molar refractivity (Wildman–Crippen MR) is 60.3 cm³/mol. The Hall–Kier alpha value is -1.32. The van der Waals surface area contributed by atoms with Gasteiger partial charge in [0.2, 0.25) is 0 Å². The van der Waals surface area contributed by atoms with E-state index in [1.54, 1.807) is 6.20 Å². The van der Waals surface area contributed by atoms with Crippen molar-refractivity contribution in [1.29, 1.82) is 0 Å². The lowest BCUT2D eigenvalue weighted by molar-refractivity contribution is -0.139. The van der Waals surface area contributed by atoms with Crippen LogP contribution >= 0.6 is 0 Å². The van der Waals surface area contributed by atoms with Crippen molar-refractivity contribution in [2.24, 2.45) is 5.92 Å². The zero-order valence-corrected chi connectivity index (χ0v) is 9.76. The highest BCUT2D eigenvalue weighted by atomic mass is 16.4. The highest BCUT2D eigenvalue weighted by Gasteiger charge is 2.27. The fourth-order valence-electron chi connectivity index (χ4n) is 2.18. The Morgan fingerprint density at radius 3 is 2.69 bits per heavy atom. The summed E-state index contributed by atoms with van der Waals surface area (Å²) >= 11 is 0. The van der Waals surface area contributed by atoms with Gasteiger partial charge in [-0.15, -0.1) is 0 Å². The topological polar surface area (TPSA) is 55.1 Å². The Balaban J connectivity index is 2.18. The van der Waals surface area contributed by atoms with Gasteiger partial charge in [0, 0.05) is 11.8 Å². The summed E-state index contributed by atoms with van der Waals surface area (Å²) in [5.41, 5.74) is 0.828. The minimum atomic E-state index is -0.761. The van der Waals surface area contributed by atoms with Gasteiger partial charge in [0.05, 0.1) is 18.2 Å². The minimum absolute atomic E-state index is 0.0940. The number of aliphatic carboxylic acids is 1. The van der Waals surface area contributed by atoms with Gasteiger partial charge in [0.1, 0.15) is 0 Å². The van der Waals surface area contributed by atoms with Gasteiger partial charge >= 0.3 is 5.97 Å². The molecule has 0 aromatic carbocycles.